The molecule has 2 saturated heterocycles. The second-order valence-electron chi connectivity index (χ2n) is 6.35. The van der Waals surface area contributed by atoms with Crippen LogP contribution in [0.1, 0.15) is 24.4 Å². The number of nitrogens with zero attached hydrogens (tertiary/aromatic N) is 2. The van der Waals surface area contributed by atoms with E-state index in [9.17, 15) is 4.79 Å². The molecule has 1 aromatic rings. The van der Waals surface area contributed by atoms with E-state index >= 15 is 0 Å². The number of hydrogen-bond acceptors (Lipinski definition) is 3. The summed E-state index contributed by atoms with van der Waals surface area (Å²) in [7, 11) is 2.12. The molecule has 0 aromatic heterocycles. The van der Waals surface area contributed by atoms with Gasteiger partial charge < -0.3 is 15.1 Å². The van der Waals surface area contributed by atoms with E-state index in [2.05, 4.69) is 17.3 Å². The van der Waals surface area contributed by atoms with Crippen molar-refractivity contribution in [1.29, 1.82) is 0 Å². The number of halogens is 1. The van der Waals surface area contributed by atoms with Gasteiger partial charge in [-0.1, -0.05) is 29.8 Å². The van der Waals surface area contributed by atoms with Crippen LogP contribution in [0.5, 0.6) is 0 Å². The van der Waals surface area contributed by atoms with Crippen molar-refractivity contribution < 1.29 is 4.79 Å². The normalized spacial score (nSPS) is 24.5. The van der Waals surface area contributed by atoms with Crippen molar-refractivity contribution in [3.8, 4) is 0 Å². The molecule has 2 heterocycles. The topological polar surface area (TPSA) is 35.6 Å². The molecule has 5 heteroatoms. The summed E-state index contributed by atoms with van der Waals surface area (Å²) in [6, 6.07) is 7.92. The molecule has 0 aliphatic carbocycles. The Balaban J connectivity index is 1.78. The van der Waals surface area contributed by atoms with E-state index in [0.717, 1.165) is 56.2 Å². The molecule has 1 aromatic carbocycles. The fourth-order valence-electron chi connectivity index (χ4n) is 3.48. The van der Waals surface area contributed by atoms with Gasteiger partial charge in [0.15, 0.2) is 0 Å². The van der Waals surface area contributed by atoms with Crippen LogP contribution < -0.4 is 5.32 Å². The third-order valence-electron chi connectivity index (χ3n) is 4.86. The quantitative estimate of drug-likeness (QED) is 0.906. The predicted octanol–water partition coefficient (Wildman–Crippen LogP) is 2.15. The summed E-state index contributed by atoms with van der Waals surface area (Å²) < 4.78 is 0. The Hall–Kier alpha value is -1.10. The van der Waals surface area contributed by atoms with Gasteiger partial charge >= 0.3 is 0 Å². The van der Waals surface area contributed by atoms with Crippen LogP contribution in [0, 0.1) is 5.92 Å². The van der Waals surface area contributed by atoms with Crippen LogP contribution in [0.25, 0.3) is 0 Å². The highest BCUT2D eigenvalue weighted by molar-refractivity contribution is 6.31. The monoisotopic (exact) mass is 321 g/mol. The van der Waals surface area contributed by atoms with E-state index in [1.807, 2.05) is 29.2 Å². The fourth-order valence-corrected chi connectivity index (χ4v) is 3.74. The van der Waals surface area contributed by atoms with Gasteiger partial charge in [-0.3, -0.25) is 4.79 Å². The summed E-state index contributed by atoms with van der Waals surface area (Å²) in [4.78, 5) is 17.3. The average molecular weight is 322 g/mol. The Morgan fingerprint density at radius 1 is 1.23 bits per heavy atom. The molecule has 1 amide bonds. The van der Waals surface area contributed by atoms with E-state index in [4.69, 9.17) is 11.6 Å². The van der Waals surface area contributed by atoms with Crippen LogP contribution in [0.3, 0.4) is 0 Å². The molecule has 22 heavy (non-hydrogen) atoms. The largest absolute Gasteiger partial charge is 0.333 e. The maximum atomic E-state index is 13.0. The summed E-state index contributed by atoms with van der Waals surface area (Å²) >= 11 is 6.36. The zero-order chi connectivity index (χ0) is 15.5. The van der Waals surface area contributed by atoms with Crippen molar-refractivity contribution >= 4 is 17.5 Å². The second kappa shape index (κ2) is 6.99. The van der Waals surface area contributed by atoms with Gasteiger partial charge in [0, 0.05) is 30.6 Å². The molecule has 1 N–H and O–H groups in total. The van der Waals surface area contributed by atoms with Gasteiger partial charge in [-0.15, -0.1) is 0 Å². The molecule has 0 radical (unpaired) electrons. The van der Waals surface area contributed by atoms with E-state index in [1.165, 1.54) is 0 Å². The summed E-state index contributed by atoms with van der Waals surface area (Å²) in [5.74, 6) is 0.471. The van der Waals surface area contributed by atoms with Gasteiger partial charge in [0.2, 0.25) is 5.91 Å². The Morgan fingerprint density at radius 2 is 1.95 bits per heavy atom. The Bertz CT molecular complexity index is 528. The lowest BCUT2D eigenvalue weighted by atomic mass is 9.93. The van der Waals surface area contributed by atoms with Gasteiger partial charge in [0.05, 0.1) is 6.04 Å². The first-order valence-electron chi connectivity index (χ1n) is 8.11. The maximum absolute atomic E-state index is 13.0. The summed E-state index contributed by atoms with van der Waals surface area (Å²) in [6.45, 7) is 4.43. The van der Waals surface area contributed by atoms with Crippen molar-refractivity contribution in [2.75, 3.05) is 39.8 Å². The molecule has 0 saturated carbocycles. The number of hydrogen-bond donors (Lipinski definition) is 1. The number of likely N-dealkylation sites (tertiary alicyclic amines) is 1. The lowest BCUT2D eigenvalue weighted by Crippen LogP contribution is -2.51. The molecular weight excluding hydrogens is 298 g/mol. The van der Waals surface area contributed by atoms with Gasteiger partial charge in [-0.25, -0.2) is 0 Å². The van der Waals surface area contributed by atoms with Crippen molar-refractivity contribution in [2.24, 2.45) is 5.92 Å². The molecule has 1 atom stereocenters. The number of amides is 1. The predicted molar refractivity (Wildman–Crippen MR) is 89.0 cm³/mol. The van der Waals surface area contributed by atoms with E-state index in [0.29, 0.717) is 5.91 Å². The number of nitrogens with one attached hydrogen (secondary N) is 1. The Morgan fingerprint density at radius 3 is 2.68 bits per heavy atom. The molecular formula is C17H24ClN3O. The highest BCUT2D eigenvalue weighted by Gasteiger charge is 2.34. The minimum absolute atomic E-state index is 0.0506. The Kier molecular flexibility index (Phi) is 5.01. The molecule has 4 nitrogen and oxygen atoms in total. The smallest absolute Gasteiger partial charge is 0.226 e. The number of carbonyl (C=O) groups is 1. The number of benzene rings is 1. The average Bonchev–Trinajstić information content (AvgIpc) is 2.55. The molecule has 120 valence electrons. The van der Waals surface area contributed by atoms with Crippen molar-refractivity contribution in [2.45, 2.75) is 18.9 Å². The van der Waals surface area contributed by atoms with Crippen LogP contribution in [0.4, 0.5) is 0 Å². The zero-order valence-electron chi connectivity index (χ0n) is 13.1. The molecule has 2 aliphatic heterocycles. The highest BCUT2D eigenvalue weighted by Crippen LogP contribution is 2.31. The molecule has 1 unspecified atom stereocenters. The molecule has 3 rings (SSSR count). The Labute approximate surface area is 137 Å². The third-order valence-corrected chi connectivity index (χ3v) is 5.20. The van der Waals surface area contributed by atoms with Gasteiger partial charge in [0.1, 0.15) is 0 Å². The van der Waals surface area contributed by atoms with Crippen LogP contribution in [0.15, 0.2) is 24.3 Å². The summed E-state index contributed by atoms with van der Waals surface area (Å²) in [6.07, 6.45) is 1.93. The SMILES string of the molecule is CN1CCC(C(=O)N2CCNCC2c2ccccc2Cl)CC1. The zero-order valence-corrected chi connectivity index (χ0v) is 13.9. The number of rotatable bonds is 2. The van der Waals surface area contributed by atoms with Crippen molar-refractivity contribution in [1.82, 2.24) is 15.1 Å². The first kappa shape index (κ1) is 15.8. The van der Waals surface area contributed by atoms with E-state index < -0.39 is 0 Å². The second-order valence-corrected chi connectivity index (χ2v) is 6.76. The van der Waals surface area contributed by atoms with Crippen LogP contribution in [-0.4, -0.2) is 55.5 Å². The van der Waals surface area contributed by atoms with Crippen LogP contribution in [0.2, 0.25) is 5.02 Å². The minimum Gasteiger partial charge on any atom is -0.333 e. The lowest BCUT2D eigenvalue weighted by molar-refractivity contribution is -0.140. The molecule has 0 bridgehead atoms. The van der Waals surface area contributed by atoms with E-state index in [1.54, 1.807) is 0 Å². The summed E-state index contributed by atoms with van der Waals surface area (Å²) in [5.41, 5.74) is 1.05. The minimum atomic E-state index is 0.0506. The molecule has 0 spiro atoms. The third kappa shape index (κ3) is 3.29. The standard InChI is InChI=1S/C17H24ClN3O/c1-20-9-6-13(7-10-20)17(22)21-11-8-19-12-16(21)14-4-2-3-5-15(14)18/h2-5,13,16,19H,6-12H2,1H3. The van der Waals surface area contributed by atoms with Gasteiger partial charge in [-0.05, 0) is 44.6 Å². The summed E-state index contributed by atoms with van der Waals surface area (Å²) in [5, 5.41) is 4.14. The first-order valence-corrected chi connectivity index (χ1v) is 8.49. The van der Waals surface area contributed by atoms with Crippen LogP contribution >= 0.6 is 11.6 Å². The van der Waals surface area contributed by atoms with Gasteiger partial charge in [-0.2, -0.15) is 0 Å². The first-order chi connectivity index (χ1) is 10.7. The fraction of sp³-hybridized carbons (Fsp3) is 0.588. The number of piperidine rings is 1. The molecule has 2 aliphatic rings. The van der Waals surface area contributed by atoms with E-state index in [-0.39, 0.29) is 12.0 Å². The maximum Gasteiger partial charge on any atom is 0.226 e. The lowest BCUT2D eigenvalue weighted by Gasteiger charge is -2.40. The van der Waals surface area contributed by atoms with Crippen molar-refractivity contribution in [3.63, 3.8) is 0 Å². The molecule has 2 fully saturated rings. The highest BCUT2D eigenvalue weighted by atomic mass is 35.5. The van der Waals surface area contributed by atoms with Crippen molar-refractivity contribution in [3.05, 3.63) is 34.9 Å². The van der Waals surface area contributed by atoms with Gasteiger partial charge in [0.25, 0.3) is 0 Å². The number of piperazine rings is 1. The van der Waals surface area contributed by atoms with Crippen LogP contribution in [-0.2, 0) is 4.79 Å². The number of carbonyl (C=O) groups excluding carboxylic acids is 1.